The lowest BCUT2D eigenvalue weighted by atomic mass is 10.3. The monoisotopic (exact) mass is 357 g/mol. The fourth-order valence-electron chi connectivity index (χ4n) is 2.00. The third-order valence-electron chi connectivity index (χ3n) is 3.34. The molecule has 22 heavy (non-hydrogen) atoms. The minimum absolute atomic E-state index is 0.111. The van der Waals surface area contributed by atoms with Gasteiger partial charge in [0.05, 0.1) is 32.4 Å². The van der Waals surface area contributed by atoms with E-state index in [9.17, 15) is 4.79 Å². The largest absolute Gasteiger partial charge is 0.322 e. The molecule has 0 spiro atoms. The van der Waals surface area contributed by atoms with Crippen molar-refractivity contribution in [2.75, 3.05) is 5.32 Å². The summed E-state index contributed by atoms with van der Waals surface area (Å²) < 4.78 is 1.74. The molecule has 0 aliphatic rings. The van der Waals surface area contributed by atoms with E-state index in [4.69, 9.17) is 23.2 Å². The Morgan fingerprint density at radius 3 is 2.41 bits per heavy atom. The third-order valence-corrected chi connectivity index (χ3v) is 5.44. The predicted octanol–water partition coefficient (Wildman–Crippen LogP) is 4.46. The molecule has 0 fully saturated rings. The average Bonchev–Trinajstić information content (AvgIpc) is 2.69. The molecule has 1 N–H and O–H groups in total. The van der Waals surface area contributed by atoms with Crippen LogP contribution in [0.15, 0.2) is 23.1 Å². The summed E-state index contributed by atoms with van der Waals surface area (Å²) in [6.45, 7) is 5.60. The Hall–Kier alpha value is -1.17. The highest BCUT2D eigenvalue weighted by Crippen LogP contribution is 2.36. The van der Waals surface area contributed by atoms with E-state index in [1.165, 1.54) is 11.8 Å². The maximum Gasteiger partial charge on any atom is 0.237 e. The van der Waals surface area contributed by atoms with Crippen molar-refractivity contribution in [3.05, 3.63) is 39.6 Å². The summed E-state index contributed by atoms with van der Waals surface area (Å²) in [5.74, 6) is -0.111. The SMILES string of the molecule is Cc1nn(C)c(C)c1NC(=O)[C@H](C)Sc1c(Cl)cccc1Cl. The first kappa shape index (κ1) is 17.2. The highest BCUT2D eigenvalue weighted by atomic mass is 35.5. The number of hydrogen-bond donors (Lipinski definition) is 1. The number of nitrogens with one attached hydrogen (secondary N) is 1. The van der Waals surface area contributed by atoms with Gasteiger partial charge in [-0.15, -0.1) is 11.8 Å². The highest BCUT2D eigenvalue weighted by Gasteiger charge is 2.20. The van der Waals surface area contributed by atoms with E-state index in [0.717, 1.165) is 17.1 Å². The van der Waals surface area contributed by atoms with Gasteiger partial charge in [-0.05, 0) is 32.9 Å². The molecule has 0 bridgehead atoms. The Morgan fingerprint density at radius 2 is 1.91 bits per heavy atom. The van der Waals surface area contributed by atoms with Crippen LogP contribution in [-0.4, -0.2) is 20.9 Å². The lowest BCUT2D eigenvalue weighted by Gasteiger charge is -2.14. The zero-order valence-corrected chi connectivity index (χ0v) is 15.1. The summed E-state index contributed by atoms with van der Waals surface area (Å²) >= 11 is 13.6. The molecule has 0 unspecified atom stereocenters. The fourth-order valence-corrected chi connectivity index (χ4v) is 3.55. The molecule has 2 rings (SSSR count). The van der Waals surface area contributed by atoms with Gasteiger partial charge in [-0.3, -0.25) is 9.48 Å². The van der Waals surface area contributed by atoms with Gasteiger partial charge in [0, 0.05) is 11.9 Å². The molecule has 1 amide bonds. The van der Waals surface area contributed by atoms with Crippen LogP contribution in [0.3, 0.4) is 0 Å². The normalized spacial score (nSPS) is 12.3. The Morgan fingerprint density at radius 1 is 1.32 bits per heavy atom. The minimum atomic E-state index is -0.337. The molecule has 0 radical (unpaired) electrons. The van der Waals surface area contributed by atoms with Crippen molar-refractivity contribution < 1.29 is 4.79 Å². The van der Waals surface area contributed by atoms with Crippen LogP contribution in [0.4, 0.5) is 5.69 Å². The van der Waals surface area contributed by atoms with Crippen LogP contribution >= 0.6 is 35.0 Å². The standard InChI is InChI=1S/C15H17Cl2N3OS/c1-8-13(9(2)20(4)19-8)18-15(21)10(3)22-14-11(16)6-5-7-12(14)17/h5-7,10H,1-4H3,(H,18,21)/t10-/m0/s1. The molecule has 0 saturated carbocycles. The number of hydrogen-bond acceptors (Lipinski definition) is 3. The molecule has 1 atom stereocenters. The van der Waals surface area contributed by atoms with Crippen LogP contribution in [0, 0.1) is 13.8 Å². The van der Waals surface area contributed by atoms with Crippen molar-refractivity contribution >= 4 is 46.6 Å². The van der Waals surface area contributed by atoms with E-state index in [1.807, 2.05) is 27.8 Å². The summed E-state index contributed by atoms with van der Waals surface area (Å²) in [6.07, 6.45) is 0. The van der Waals surface area contributed by atoms with Crippen LogP contribution in [0.25, 0.3) is 0 Å². The van der Waals surface area contributed by atoms with Crippen LogP contribution in [0.5, 0.6) is 0 Å². The first-order chi connectivity index (χ1) is 10.3. The molecule has 1 heterocycles. The summed E-state index contributed by atoms with van der Waals surface area (Å²) in [5, 5.41) is 7.97. The molecule has 1 aromatic carbocycles. The van der Waals surface area contributed by atoms with Crippen molar-refractivity contribution in [3.63, 3.8) is 0 Å². The molecule has 118 valence electrons. The molecular formula is C15H17Cl2N3OS. The Labute approximate surface area is 144 Å². The van der Waals surface area contributed by atoms with Gasteiger partial charge in [-0.25, -0.2) is 0 Å². The number of thioether (sulfide) groups is 1. The lowest BCUT2D eigenvalue weighted by molar-refractivity contribution is -0.115. The van der Waals surface area contributed by atoms with Gasteiger partial charge in [0.15, 0.2) is 0 Å². The first-order valence-corrected chi connectivity index (χ1v) is 8.36. The van der Waals surface area contributed by atoms with Gasteiger partial charge < -0.3 is 5.32 Å². The molecule has 0 aliphatic heterocycles. The second kappa shape index (κ2) is 6.94. The first-order valence-electron chi connectivity index (χ1n) is 6.73. The van der Waals surface area contributed by atoms with E-state index in [0.29, 0.717) is 14.9 Å². The third kappa shape index (κ3) is 3.59. The number of anilines is 1. The molecule has 0 saturated heterocycles. The average molecular weight is 358 g/mol. The van der Waals surface area contributed by atoms with E-state index in [2.05, 4.69) is 10.4 Å². The quantitative estimate of drug-likeness (QED) is 0.821. The number of nitrogens with zero attached hydrogens (tertiary/aromatic N) is 2. The van der Waals surface area contributed by atoms with Crippen molar-refractivity contribution in [1.29, 1.82) is 0 Å². The van der Waals surface area contributed by atoms with Crippen LogP contribution in [0.2, 0.25) is 10.0 Å². The molecule has 4 nitrogen and oxygen atoms in total. The Balaban J connectivity index is 2.13. The number of amides is 1. The van der Waals surface area contributed by atoms with Crippen LogP contribution in [-0.2, 0) is 11.8 Å². The molecule has 0 aliphatic carbocycles. The number of aromatic nitrogens is 2. The van der Waals surface area contributed by atoms with E-state index < -0.39 is 0 Å². The Bertz CT molecular complexity index is 695. The maximum atomic E-state index is 12.4. The number of aryl methyl sites for hydroxylation is 2. The van der Waals surface area contributed by atoms with Crippen LogP contribution < -0.4 is 5.32 Å². The van der Waals surface area contributed by atoms with E-state index in [1.54, 1.807) is 22.9 Å². The fraction of sp³-hybridized carbons (Fsp3) is 0.333. The number of halogens is 2. The van der Waals surface area contributed by atoms with E-state index >= 15 is 0 Å². The summed E-state index contributed by atoms with van der Waals surface area (Å²) in [7, 11) is 1.85. The number of carbonyl (C=O) groups is 1. The lowest BCUT2D eigenvalue weighted by Crippen LogP contribution is -2.23. The summed E-state index contributed by atoms with van der Waals surface area (Å²) in [4.78, 5) is 13.1. The number of rotatable bonds is 4. The Kier molecular flexibility index (Phi) is 5.42. The number of benzene rings is 1. The zero-order chi connectivity index (χ0) is 16.4. The number of carbonyl (C=O) groups excluding carboxylic acids is 1. The smallest absolute Gasteiger partial charge is 0.237 e. The summed E-state index contributed by atoms with van der Waals surface area (Å²) in [6, 6.07) is 5.30. The second-order valence-electron chi connectivity index (χ2n) is 4.97. The van der Waals surface area contributed by atoms with E-state index in [-0.39, 0.29) is 11.2 Å². The molecule has 1 aromatic heterocycles. The van der Waals surface area contributed by atoms with Crippen molar-refractivity contribution in [2.45, 2.75) is 30.9 Å². The topological polar surface area (TPSA) is 46.9 Å². The van der Waals surface area contributed by atoms with Crippen molar-refractivity contribution in [1.82, 2.24) is 9.78 Å². The predicted molar refractivity (Wildman–Crippen MR) is 93.1 cm³/mol. The van der Waals surface area contributed by atoms with Crippen molar-refractivity contribution in [3.8, 4) is 0 Å². The van der Waals surface area contributed by atoms with Gasteiger partial charge >= 0.3 is 0 Å². The van der Waals surface area contributed by atoms with Crippen molar-refractivity contribution in [2.24, 2.45) is 7.05 Å². The zero-order valence-electron chi connectivity index (χ0n) is 12.8. The molecule has 2 aromatic rings. The minimum Gasteiger partial charge on any atom is -0.322 e. The van der Waals surface area contributed by atoms with Gasteiger partial charge in [0.2, 0.25) is 5.91 Å². The van der Waals surface area contributed by atoms with Gasteiger partial charge in [0.1, 0.15) is 0 Å². The van der Waals surface area contributed by atoms with Gasteiger partial charge in [0.25, 0.3) is 0 Å². The molecule has 7 heteroatoms. The second-order valence-corrected chi connectivity index (χ2v) is 7.13. The maximum absolute atomic E-state index is 12.4. The summed E-state index contributed by atoms with van der Waals surface area (Å²) in [5.41, 5.74) is 2.46. The van der Waals surface area contributed by atoms with Gasteiger partial charge in [-0.2, -0.15) is 5.10 Å². The van der Waals surface area contributed by atoms with Crippen LogP contribution in [0.1, 0.15) is 18.3 Å². The highest BCUT2D eigenvalue weighted by molar-refractivity contribution is 8.00. The molecular weight excluding hydrogens is 341 g/mol. The van der Waals surface area contributed by atoms with Gasteiger partial charge in [-0.1, -0.05) is 29.3 Å².